The molecule has 0 saturated carbocycles. The monoisotopic (exact) mass is 379 g/mol. The number of hydrogen-bond donors (Lipinski definition) is 1. The third kappa shape index (κ3) is 4.02. The molecule has 4 rings (SSSR count). The summed E-state index contributed by atoms with van der Waals surface area (Å²) in [7, 11) is 0. The van der Waals surface area contributed by atoms with Crippen molar-refractivity contribution in [2.45, 2.75) is 57.7 Å². The van der Waals surface area contributed by atoms with Gasteiger partial charge in [0.1, 0.15) is 0 Å². The first-order chi connectivity index (χ1) is 13.8. The highest BCUT2D eigenvalue weighted by atomic mass is 16.2. The lowest BCUT2D eigenvalue weighted by Gasteiger charge is -2.27. The zero-order valence-electron chi connectivity index (χ0n) is 16.4. The van der Waals surface area contributed by atoms with Crippen LogP contribution in [0.15, 0.2) is 37.2 Å². The molecule has 6 nitrogen and oxygen atoms in total. The van der Waals surface area contributed by atoms with Gasteiger partial charge < -0.3 is 10.2 Å². The molecular formula is C22H29N5O. The lowest BCUT2D eigenvalue weighted by atomic mass is 9.90. The predicted molar refractivity (Wildman–Crippen MR) is 109 cm³/mol. The predicted octanol–water partition coefficient (Wildman–Crippen LogP) is 2.74. The van der Waals surface area contributed by atoms with Crippen molar-refractivity contribution in [1.82, 2.24) is 25.0 Å². The number of nitrogens with zero attached hydrogens (tertiary/aromatic N) is 4. The maximum Gasteiger partial charge on any atom is 0.274 e. The highest BCUT2D eigenvalue weighted by molar-refractivity contribution is 5.94. The topological polar surface area (TPSA) is 63.1 Å². The summed E-state index contributed by atoms with van der Waals surface area (Å²) in [5.41, 5.74) is 4.18. The van der Waals surface area contributed by atoms with E-state index in [0.29, 0.717) is 18.3 Å². The summed E-state index contributed by atoms with van der Waals surface area (Å²) in [5, 5.41) is 8.37. The average Bonchev–Trinajstić information content (AvgIpc) is 3.11. The van der Waals surface area contributed by atoms with Crippen LogP contribution in [0.4, 0.5) is 0 Å². The third-order valence-corrected chi connectivity index (χ3v) is 5.81. The van der Waals surface area contributed by atoms with Crippen LogP contribution in [0, 0.1) is 0 Å². The first kappa shape index (κ1) is 18.9. The van der Waals surface area contributed by atoms with Crippen molar-refractivity contribution >= 4 is 5.91 Å². The van der Waals surface area contributed by atoms with Gasteiger partial charge in [0.25, 0.3) is 5.91 Å². The Morgan fingerprint density at radius 2 is 2.18 bits per heavy atom. The zero-order valence-corrected chi connectivity index (χ0v) is 16.4. The van der Waals surface area contributed by atoms with Gasteiger partial charge in [-0.3, -0.25) is 14.5 Å². The van der Waals surface area contributed by atoms with Gasteiger partial charge in [0.2, 0.25) is 0 Å². The van der Waals surface area contributed by atoms with E-state index >= 15 is 0 Å². The van der Waals surface area contributed by atoms with Gasteiger partial charge in [-0.15, -0.1) is 6.58 Å². The number of hydrogen-bond acceptors (Lipinski definition) is 4. The molecular weight excluding hydrogens is 350 g/mol. The van der Waals surface area contributed by atoms with E-state index in [1.54, 1.807) is 6.20 Å². The molecule has 0 aromatic carbocycles. The van der Waals surface area contributed by atoms with Crippen LogP contribution in [0.5, 0.6) is 0 Å². The molecule has 2 aromatic rings. The Labute approximate surface area is 166 Å². The van der Waals surface area contributed by atoms with Gasteiger partial charge in [-0.05, 0) is 50.2 Å². The highest BCUT2D eigenvalue weighted by Gasteiger charge is 2.31. The molecule has 1 aliphatic heterocycles. The normalized spacial score (nSPS) is 19.3. The van der Waals surface area contributed by atoms with Crippen molar-refractivity contribution < 1.29 is 4.79 Å². The van der Waals surface area contributed by atoms with Crippen LogP contribution in [0.25, 0.3) is 0 Å². The van der Waals surface area contributed by atoms with E-state index in [9.17, 15) is 4.79 Å². The van der Waals surface area contributed by atoms with Crippen molar-refractivity contribution in [3.05, 3.63) is 59.7 Å². The van der Waals surface area contributed by atoms with Gasteiger partial charge in [-0.25, -0.2) is 0 Å². The molecule has 1 N–H and O–H groups in total. The molecule has 1 atom stereocenters. The number of aromatic nitrogens is 3. The molecule has 0 radical (unpaired) electrons. The second-order valence-corrected chi connectivity index (χ2v) is 7.78. The number of rotatable bonds is 6. The van der Waals surface area contributed by atoms with E-state index in [0.717, 1.165) is 57.3 Å². The fraction of sp³-hybridized carbons (Fsp3) is 0.500. The molecule has 1 aliphatic carbocycles. The number of fused-ring (bicyclic) bond motifs is 1. The summed E-state index contributed by atoms with van der Waals surface area (Å²) in [4.78, 5) is 19.3. The molecule has 3 heterocycles. The molecule has 0 spiro atoms. The molecule has 0 bridgehead atoms. The summed E-state index contributed by atoms with van der Waals surface area (Å²) >= 11 is 0. The molecule has 1 fully saturated rings. The fourth-order valence-electron chi connectivity index (χ4n) is 4.32. The lowest BCUT2D eigenvalue weighted by Crippen LogP contribution is -2.38. The minimum absolute atomic E-state index is 0.103. The first-order valence-electron chi connectivity index (χ1n) is 10.4. The summed E-state index contributed by atoms with van der Waals surface area (Å²) in [6.45, 7) is 7.01. The quantitative estimate of drug-likeness (QED) is 0.784. The molecule has 0 unspecified atom stereocenters. The molecule has 2 aromatic heterocycles. The summed E-state index contributed by atoms with van der Waals surface area (Å²) in [6.07, 6.45) is 11.8. The Morgan fingerprint density at radius 3 is 2.93 bits per heavy atom. The van der Waals surface area contributed by atoms with Crippen LogP contribution < -0.4 is 5.32 Å². The maximum atomic E-state index is 13.2. The van der Waals surface area contributed by atoms with Crippen molar-refractivity contribution in [3.8, 4) is 0 Å². The SMILES string of the molecule is C=CCn1nc(C(=O)N2CCCCC2)c2c1CC[C@@H](NCc1cccnc1)C2. The average molecular weight is 380 g/mol. The third-order valence-electron chi connectivity index (χ3n) is 5.81. The van der Waals surface area contributed by atoms with Gasteiger partial charge in [0.05, 0.1) is 6.54 Å². The summed E-state index contributed by atoms with van der Waals surface area (Å²) in [6, 6.07) is 4.40. The number of amides is 1. The molecule has 6 heteroatoms. The number of carbonyl (C=O) groups excluding carboxylic acids is 1. The molecule has 2 aliphatic rings. The standard InChI is InChI=1S/C22H29N5O/c1-2-11-27-20-9-8-18(24-16-17-7-6-10-23-15-17)14-19(20)21(25-27)22(28)26-12-4-3-5-13-26/h2,6-7,10,15,18,24H,1,3-5,8-9,11-14,16H2/t18-/m1/s1. The first-order valence-corrected chi connectivity index (χ1v) is 10.4. The van der Waals surface area contributed by atoms with Gasteiger partial charge in [-0.1, -0.05) is 12.1 Å². The summed E-state index contributed by atoms with van der Waals surface area (Å²) in [5.74, 6) is 0.103. The zero-order chi connectivity index (χ0) is 19.3. The van der Waals surface area contributed by atoms with E-state index in [2.05, 4.69) is 22.9 Å². The van der Waals surface area contributed by atoms with Gasteiger partial charge >= 0.3 is 0 Å². The minimum Gasteiger partial charge on any atom is -0.337 e. The second-order valence-electron chi connectivity index (χ2n) is 7.78. The number of carbonyl (C=O) groups is 1. The van der Waals surface area contributed by atoms with E-state index in [1.807, 2.05) is 27.9 Å². The van der Waals surface area contributed by atoms with Crippen molar-refractivity contribution in [3.63, 3.8) is 0 Å². The second kappa shape index (κ2) is 8.69. The van der Waals surface area contributed by atoms with Gasteiger partial charge in [0, 0.05) is 49.3 Å². The number of piperidine rings is 1. The molecule has 148 valence electrons. The van der Waals surface area contributed by atoms with Crippen LogP contribution in [0.2, 0.25) is 0 Å². The Kier molecular flexibility index (Phi) is 5.86. The van der Waals surface area contributed by atoms with E-state index in [1.165, 1.54) is 17.7 Å². The number of likely N-dealkylation sites (tertiary alicyclic amines) is 1. The van der Waals surface area contributed by atoms with E-state index in [4.69, 9.17) is 5.10 Å². The van der Waals surface area contributed by atoms with Crippen molar-refractivity contribution in [2.75, 3.05) is 13.1 Å². The number of allylic oxidation sites excluding steroid dienone is 1. The number of pyridine rings is 1. The Bertz CT molecular complexity index is 823. The smallest absolute Gasteiger partial charge is 0.274 e. The van der Waals surface area contributed by atoms with Crippen LogP contribution in [-0.4, -0.2) is 44.7 Å². The van der Waals surface area contributed by atoms with Gasteiger partial charge in [-0.2, -0.15) is 5.10 Å². The van der Waals surface area contributed by atoms with Gasteiger partial charge in [0.15, 0.2) is 5.69 Å². The van der Waals surface area contributed by atoms with Crippen LogP contribution >= 0.6 is 0 Å². The highest BCUT2D eigenvalue weighted by Crippen LogP contribution is 2.27. The largest absolute Gasteiger partial charge is 0.337 e. The Hall–Kier alpha value is -2.47. The van der Waals surface area contributed by atoms with Crippen molar-refractivity contribution in [2.24, 2.45) is 0 Å². The van der Waals surface area contributed by atoms with Crippen molar-refractivity contribution in [1.29, 1.82) is 0 Å². The Balaban J connectivity index is 1.52. The van der Waals surface area contributed by atoms with Crippen LogP contribution in [-0.2, 0) is 25.9 Å². The Morgan fingerprint density at radius 1 is 1.32 bits per heavy atom. The van der Waals surface area contributed by atoms with E-state index < -0.39 is 0 Å². The molecule has 28 heavy (non-hydrogen) atoms. The molecule has 1 saturated heterocycles. The summed E-state index contributed by atoms with van der Waals surface area (Å²) < 4.78 is 1.98. The van der Waals surface area contributed by atoms with E-state index in [-0.39, 0.29) is 5.91 Å². The fourth-order valence-corrected chi connectivity index (χ4v) is 4.32. The van der Waals surface area contributed by atoms with Crippen LogP contribution in [0.3, 0.4) is 0 Å². The lowest BCUT2D eigenvalue weighted by molar-refractivity contribution is 0.0716. The maximum absolute atomic E-state index is 13.2. The molecule has 1 amide bonds. The number of nitrogens with one attached hydrogen (secondary N) is 1. The van der Waals surface area contributed by atoms with Crippen LogP contribution in [0.1, 0.15) is 53.0 Å². The minimum atomic E-state index is 0.103.